The molecule has 1 aromatic rings. The summed E-state index contributed by atoms with van der Waals surface area (Å²) in [5.74, 6) is 0. The molecule has 0 spiro atoms. The molecule has 1 saturated carbocycles. The van der Waals surface area contributed by atoms with Gasteiger partial charge < -0.3 is 0 Å². The van der Waals surface area contributed by atoms with Gasteiger partial charge in [-0.25, -0.2) is 0 Å². The molecule has 1 aliphatic rings. The molecular weight excluding hydrogens is 254 g/mol. The van der Waals surface area contributed by atoms with Gasteiger partial charge in [0.05, 0.1) is 6.07 Å². The van der Waals surface area contributed by atoms with E-state index in [1.165, 1.54) is 11.3 Å². The third-order valence-corrected chi connectivity index (χ3v) is 4.87. The van der Waals surface area contributed by atoms with Crippen LogP contribution in [-0.4, -0.2) is 22.3 Å². The summed E-state index contributed by atoms with van der Waals surface area (Å²) < 4.78 is 0. The summed E-state index contributed by atoms with van der Waals surface area (Å²) in [6, 6.07) is 6.63. The van der Waals surface area contributed by atoms with Crippen molar-refractivity contribution >= 4 is 11.8 Å². The summed E-state index contributed by atoms with van der Waals surface area (Å²) in [6.45, 7) is 3.07. The van der Waals surface area contributed by atoms with Crippen molar-refractivity contribution in [2.75, 3.05) is 6.54 Å². The number of pyridine rings is 1. The van der Waals surface area contributed by atoms with E-state index < -0.39 is 0 Å². The van der Waals surface area contributed by atoms with Gasteiger partial charge in [0.15, 0.2) is 0 Å². The van der Waals surface area contributed by atoms with Crippen LogP contribution in [0.3, 0.4) is 0 Å². The van der Waals surface area contributed by atoms with Gasteiger partial charge >= 0.3 is 0 Å². The van der Waals surface area contributed by atoms with Crippen LogP contribution in [0.5, 0.6) is 0 Å². The summed E-state index contributed by atoms with van der Waals surface area (Å²) in [5.41, 5.74) is -0.307. The van der Waals surface area contributed by atoms with E-state index in [1.807, 2.05) is 36.3 Å². The van der Waals surface area contributed by atoms with E-state index in [0.29, 0.717) is 5.25 Å². The molecule has 2 unspecified atom stereocenters. The number of nitrogens with zero attached hydrogens (tertiary/aromatic N) is 2. The topological polar surface area (TPSA) is 48.7 Å². The Morgan fingerprint density at radius 2 is 2.32 bits per heavy atom. The van der Waals surface area contributed by atoms with Crippen molar-refractivity contribution in [2.24, 2.45) is 0 Å². The van der Waals surface area contributed by atoms with E-state index in [0.717, 1.165) is 32.2 Å². The molecule has 4 heteroatoms. The normalized spacial score (nSPS) is 26.8. The second-order valence-corrected chi connectivity index (χ2v) is 6.51. The van der Waals surface area contributed by atoms with E-state index in [1.54, 1.807) is 0 Å². The molecule has 2 rings (SSSR count). The molecule has 0 aliphatic heterocycles. The summed E-state index contributed by atoms with van der Waals surface area (Å²) in [7, 11) is 0. The van der Waals surface area contributed by atoms with Gasteiger partial charge in [-0.2, -0.15) is 5.26 Å². The van der Waals surface area contributed by atoms with Crippen LogP contribution in [-0.2, 0) is 0 Å². The molecule has 1 aromatic heterocycles. The standard InChI is InChI=1S/C15H21N3S/c1-2-8-18-15(12-16)7-3-4-14(11-15)19-13-5-9-17-10-6-13/h5-6,9-10,14,18H,2-4,7-8,11H2,1H3. The van der Waals surface area contributed by atoms with Crippen molar-refractivity contribution < 1.29 is 0 Å². The zero-order valence-electron chi connectivity index (χ0n) is 11.4. The number of aromatic nitrogens is 1. The second-order valence-electron chi connectivity index (χ2n) is 5.14. The van der Waals surface area contributed by atoms with Crippen molar-refractivity contribution in [2.45, 2.75) is 54.7 Å². The average molecular weight is 275 g/mol. The van der Waals surface area contributed by atoms with Crippen LogP contribution in [0.4, 0.5) is 0 Å². The van der Waals surface area contributed by atoms with Gasteiger partial charge in [-0.1, -0.05) is 6.92 Å². The highest BCUT2D eigenvalue weighted by Gasteiger charge is 2.36. The molecule has 1 fully saturated rings. The lowest BCUT2D eigenvalue weighted by molar-refractivity contribution is 0.305. The Balaban J connectivity index is 1.98. The zero-order chi connectivity index (χ0) is 13.6. The molecule has 1 N–H and O–H groups in total. The molecule has 1 aliphatic carbocycles. The van der Waals surface area contributed by atoms with Crippen LogP contribution >= 0.6 is 11.8 Å². The quantitative estimate of drug-likeness (QED) is 0.895. The molecule has 0 radical (unpaired) electrons. The van der Waals surface area contributed by atoms with Crippen LogP contribution in [0.15, 0.2) is 29.4 Å². The predicted molar refractivity (Wildman–Crippen MR) is 79.0 cm³/mol. The summed E-state index contributed by atoms with van der Waals surface area (Å²) in [6.07, 6.45) is 8.99. The molecule has 3 nitrogen and oxygen atoms in total. The van der Waals surface area contributed by atoms with Crippen molar-refractivity contribution in [1.82, 2.24) is 10.3 Å². The van der Waals surface area contributed by atoms with E-state index in [4.69, 9.17) is 0 Å². The molecule has 1 heterocycles. The van der Waals surface area contributed by atoms with Gasteiger partial charge in [-0.05, 0) is 50.8 Å². The minimum atomic E-state index is -0.307. The lowest BCUT2D eigenvalue weighted by Gasteiger charge is -2.36. The molecule has 0 bridgehead atoms. The highest BCUT2D eigenvalue weighted by Crippen LogP contribution is 2.37. The van der Waals surface area contributed by atoms with Crippen LogP contribution < -0.4 is 5.32 Å². The highest BCUT2D eigenvalue weighted by molar-refractivity contribution is 8.00. The number of rotatable bonds is 5. The summed E-state index contributed by atoms with van der Waals surface area (Å²) in [4.78, 5) is 5.30. The lowest BCUT2D eigenvalue weighted by atomic mass is 9.82. The Morgan fingerprint density at radius 3 is 3.00 bits per heavy atom. The summed E-state index contributed by atoms with van der Waals surface area (Å²) >= 11 is 1.88. The van der Waals surface area contributed by atoms with Crippen molar-refractivity contribution in [3.8, 4) is 6.07 Å². The van der Waals surface area contributed by atoms with Gasteiger partial charge in [0.2, 0.25) is 0 Å². The predicted octanol–water partition coefficient (Wildman–Crippen LogP) is 3.38. The van der Waals surface area contributed by atoms with E-state index >= 15 is 0 Å². The Hall–Kier alpha value is -1.05. The van der Waals surface area contributed by atoms with E-state index in [-0.39, 0.29) is 5.54 Å². The van der Waals surface area contributed by atoms with Crippen molar-refractivity contribution in [1.29, 1.82) is 5.26 Å². The first-order valence-electron chi connectivity index (χ1n) is 7.01. The minimum absolute atomic E-state index is 0.307. The maximum atomic E-state index is 9.52. The molecule has 0 aromatic carbocycles. The maximum Gasteiger partial charge on any atom is 0.107 e. The molecule has 0 saturated heterocycles. The largest absolute Gasteiger partial charge is 0.299 e. The Labute approximate surface area is 119 Å². The van der Waals surface area contributed by atoms with Gasteiger partial charge in [0, 0.05) is 22.5 Å². The smallest absolute Gasteiger partial charge is 0.107 e. The number of hydrogen-bond donors (Lipinski definition) is 1. The third-order valence-electron chi connectivity index (χ3n) is 3.59. The molecular formula is C15H21N3S. The average Bonchev–Trinajstić information content (AvgIpc) is 2.46. The Bertz CT molecular complexity index is 429. The minimum Gasteiger partial charge on any atom is -0.299 e. The first-order chi connectivity index (χ1) is 9.28. The second kappa shape index (κ2) is 6.93. The maximum absolute atomic E-state index is 9.52. The van der Waals surface area contributed by atoms with Crippen molar-refractivity contribution in [3.05, 3.63) is 24.5 Å². The fourth-order valence-corrected chi connectivity index (χ4v) is 3.92. The number of nitrogens with one attached hydrogen (secondary N) is 1. The number of hydrogen-bond acceptors (Lipinski definition) is 4. The first kappa shape index (κ1) is 14.4. The SMILES string of the molecule is CCCNC1(C#N)CCCC(Sc2ccncc2)C1. The van der Waals surface area contributed by atoms with Crippen LogP contribution in [0, 0.1) is 11.3 Å². The van der Waals surface area contributed by atoms with Crippen LogP contribution in [0.1, 0.15) is 39.0 Å². The number of nitriles is 1. The van der Waals surface area contributed by atoms with Gasteiger partial charge in [-0.3, -0.25) is 10.3 Å². The van der Waals surface area contributed by atoms with Crippen LogP contribution in [0.2, 0.25) is 0 Å². The van der Waals surface area contributed by atoms with Crippen molar-refractivity contribution in [3.63, 3.8) is 0 Å². The third kappa shape index (κ3) is 3.95. The van der Waals surface area contributed by atoms with E-state index in [2.05, 4.69) is 23.3 Å². The molecule has 19 heavy (non-hydrogen) atoms. The highest BCUT2D eigenvalue weighted by atomic mass is 32.2. The number of thioether (sulfide) groups is 1. The molecule has 0 amide bonds. The molecule has 2 atom stereocenters. The Kier molecular flexibility index (Phi) is 5.24. The zero-order valence-corrected chi connectivity index (χ0v) is 12.2. The Morgan fingerprint density at radius 1 is 1.53 bits per heavy atom. The molecule has 102 valence electrons. The van der Waals surface area contributed by atoms with Gasteiger partial charge in [-0.15, -0.1) is 11.8 Å². The fourth-order valence-electron chi connectivity index (χ4n) is 2.60. The van der Waals surface area contributed by atoms with Gasteiger partial charge in [0.1, 0.15) is 5.54 Å². The van der Waals surface area contributed by atoms with Gasteiger partial charge in [0.25, 0.3) is 0 Å². The lowest BCUT2D eigenvalue weighted by Crippen LogP contribution is -2.48. The fraction of sp³-hybridized carbons (Fsp3) is 0.600. The first-order valence-corrected chi connectivity index (χ1v) is 7.89. The van der Waals surface area contributed by atoms with Crippen LogP contribution in [0.25, 0.3) is 0 Å². The van der Waals surface area contributed by atoms with E-state index in [9.17, 15) is 5.26 Å². The monoisotopic (exact) mass is 275 g/mol. The summed E-state index contributed by atoms with van der Waals surface area (Å²) in [5, 5.41) is 13.5.